The summed E-state index contributed by atoms with van der Waals surface area (Å²) in [7, 11) is 0. The molecular weight excluding hydrogens is 477 g/mol. The van der Waals surface area contributed by atoms with Gasteiger partial charge in [-0.2, -0.15) is 0 Å². The molecule has 0 spiro atoms. The maximum atomic E-state index is 14.5. The Morgan fingerprint density at radius 2 is 1.86 bits per heavy atom. The summed E-state index contributed by atoms with van der Waals surface area (Å²) >= 11 is 0. The molecule has 0 radical (unpaired) electrons. The maximum absolute atomic E-state index is 14.5. The highest BCUT2D eigenvalue weighted by Crippen LogP contribution is 2.37. The van der Waals surface area contributed by atoms with Gasteiger partial charge in [0.1, 0.15) is 0 Å². The normalized spacial score (nSPS) is 22.6. The number of fused-ring (bicyclic) bond motifs is 4. The van der Waals surface area contributed by atoms with Crippen LogP contribution in [0.15, 0.2) is 43.0 Å². The van der Waals surface area contributed by atoms with Crippen molar-refractivity contribution in [3.05, 3.63) is 60.2 Å². The molecule has 8 rings (SSSR count). The number of carbonyl (C=O) groups is 1. The van der Waals surface area contributed by atoms with Crippen LogP contribution < -0.4 is 14.5 Å². The van der Waals surface area contributed by atoms with Crippen LogP contribution in [0.4, 0.5) is 16.0 Å². The molecule has 10 nitrogen and oxygen atoms in total. The number of morpholine rings is 1. The van der Waals surface area contributed by atoms with Gasteiger partial charge in [0.2, 0.25) is 5.95 Å². The number of hydrogen-bond donors (Lipinski definition) is 0. The van der Waals surface area contributed by atoms with E-state index in [2.05, 4.69) is 24.8 Å². The number of nitrogens with zero attached hydrogens (tertiary/aromatic N) is 7. The topological polar surface area (TPSA) is 98.0 Å². The van der Waals surface area contributed by atoms with Crippen LogP contribution in [-0.2, 0) is 16.1 Å². The van der Waals surface area contributed by atoms with Crippen molar-refractivity contribution in [3.8, 4) is 17.0 Å². The maximum Gasteiger partial charge on any atom is 0.268 e. The summed E-state index contributed by atoms with van der Waals surface area (Å²) in [5.41, 5.74) is 4.04. The van der Waals surface area contributed by atoms with Crippen molar-refractivity contribution in [2.24, 2.45) is 0 Å². The number of aryl methyl sites for hydroxylation is 1. The van der Waals surface area contributed by atoms with E-state index >= 15 is 0 Å². The molecule has 188 valence electrons. The van der Waals surface area contributed by atoms with Crippen LogP contribution in [0, 0.1) is 12.7 Å². The zero-order valence-electron chi connectivity index (χ0n) is 20.3. The van der Waals surface area contributed by atoms with Crippen LogP contribution in [0.3, 0.4) is 0 Å². The van der Waals surface area contributed by atoms with Gasteiger partial charge in [-0.15, -0.1) is 0 Å². The number of para-hydroxylation sites is 1. The number of rotatable bonds is 4. The number of ether oxygens (including phenoxy) is 2. The van der Waals surface area contributed by atoms with Gasteiger partial charge in [0.25, 0.3) is 5.91 Å². The highest BCUT2D eigenvalue weighted by Gasteiger charge is 2.39. The quantitative estimate of drug-likeness (QED) is 0.421. The molecule has 3 fully saturated rings. The van der Waals surface area contributed by atoms with E-state index in [9.17, 15) is 9.18 Å². The molecule has 7 heterocycles. The fourth-order valence-corrected chi connectivity index (χ4v) is 5.30. The number of aromatic nitrogens is 5. The van der Waals surface area contributed by atoms with Gasteiger partial charge in [-0.1, -0.05) is 6.07 Å². The number of imidazole rings is 1. The Morgan fingerprint density at radius 1 is 1.11 bits per heavy atom. The van der Waals surface area contributed by atoms with Crippen LogP contribution in [0.1, 0.15) is 24.7 Å². The molecule has 4 aliphatic heterocycles. The molecule has 0 N–H and O–H groups in total. The second-order valence-electron chi connectivity index (χ2n) is 9.71. The molecule has 4 aromatic rings. The molecule has 1 amide bonds. The van der Waals surface area contributed by atoms with Crippen molar-refractivity contribution in [2.45, 2.75) is 45.1 Å². The molecular formula is C26H24FN7O3. The number of carbonyl (C=O) groups excluding carboxylic acids is 1. The van der Waals surface area contributed by atoms with Gasteiger partial charge in [-0.3, -0.25) is 19.1 Å². The Kier molecular flexibility index (Phi) is 4.90. The van der Waals surface area contributed by atoms with Crippen LogP contribution in [0.2, 0.25) is 0 Å². The van der Waals surface area contributed by atoms with E-state index in [-0.39, 0.29) is 30.4 Å². The van der Waals surface area contributed by atoms with Gasteiger partial charge >= 0.3 is 0 Å². The van der Waals surface area contributed by atoms with E-state index in [1.165, 1.54) is 6.07 Å². The van der Waals surface area contributed by atoms with Gasteiger partial charge < -0.3 is 14.4 Å². The summed E-state index contributed by atoms with van der Waals surface area (Å²) in [5, 5.41) is 0. The lowest BCUT2D eigenvalue weighted by Crippen LogP contribution is -2.57. The molecule has 2 bridgehead atoms. The minimum atomic E-state index is -0.797. The zero-order chi connectivity index (χ0) is 25.3. The summed E-state index contributed by atoms with van der Waals surface area (Å²) in [6.45, 7) is 5.33. The third kappa shape index (κ3) is 3.60. The first-order chi connectivity index (χ1) is 17.9. The number of benzene rings is 1. The Labute approximate surface area is 211 Å². The average Bonchev–Trinajstić information content (AvgIpc) is 3.21. The first-order valence-electron chi connectivity index (χ1n) is 12.3. The number of amides is 1. The number of halogens is 1. The van der Waals surface area contributed by atoms with Crippen molar-refractivity contribution in [2.75, 3.05) is 22.9 Å². The Morgan fingerprint density at radius 3 is 2.62 bits per heavy atom. The fraction of sp³-hybridized carbons (Fsp3) is 0.346. The second-order valence-corrected chi connectivity index (χ2v) is 9.71. The summed E-state index contributed by atoms with van der Waals surface area (Å²) in [4.78, 5) is 35.1. The molecule has 3 saturated heterocycles. The first-order valence-corrected chi connectivity index (χ1v) is 12.3. The highest BCUT2D eigenvalue weighted by molar-refractivity contribution is 5.99. The van der Waals surface area contributed by atoms with Crippen molar-refractivity contribution in [1.82, 2.24) is 24.3 Å². The Hall–Kier alpha value is -4.12. The van der Waals surface area contributed by atoms with Crippen LogP contribution in [0.5, 0.6) is 5.75 Å². The lowest BCUT2D eigenvalue weighted by Gasteiger charge is -2.46. The third-order valence-electron chi connectivity index (χ3n) is 7.24. The molecule has 1 aromatic carbocycles. The summed E-state index contributed by atoms with van der Waals surface area (Å²) in [6.07, 6.45) is 7.97. The molecule has 37 heavy (non-hydrogen) atoms. The highest BCUT2D eigenvalue weighted by atomic mass is 19.1. The molecule has 4 aliphatic rings. The van der Waals surface area contributed by atoms with Crippen molar-refractivity contribution < 1.29 is 18.7 Å². The van der Waals surface area contributed by atoms with Crippen molar-refractivity contribution >= 4 is 23.2 Å². The largest absolute Gasteiger partial charge is 0.476 e. The molecule has 3 atom stereocenters. The summed E-state index contributed by atoms with van der Waals surface area (Å²) < 4.78 is 27.6. The van der Waals surface area contributed by atoms with Gasteiger partial charge in [-0.25, -0.2) is 19.3 Å². The smallest absolute Gasteiger partial charge is 0.268 e. The fourth-order valence-electron chi connectivity index (χ4n) is 5.30. The molecule has 0 aliphatic carbocycles. The lowest BCUT2D eigenvalue weighted by atomic mass is 9.99. The van der Waals surface area contributed by atoms with E-state index in [1.807, 2.05) is 17.5 Å². The van der Waals surface area contributed by atoms with E-state index in [1.54, 1.807) is 42.5 Å². The van der Waals surface area contributed by atoms with E-state index in [4.69, 9.17) is 9.47 Å². The predicted molar refractivity (Wildman–Crippen MR) is 132 cm³/mol. The average molecular weight is 502 g/mol. The third-order valence-corrected chi connectivity index (χ3v) is 7.24. The van der Waals surface area contributed by atoms with Crippen LogP contribution in [-0.4, -0.2) is 61.6 Å². The SMILES string of the molecule is Cc1nc2cnc(-c3cnc(N4CC5CC(C4)O5)nc3)cn2c1CN1C(=O)[C@@H](C)Oc2c(F)cccc21. The molecule has 11 heteroatoms. The van der Waals surface area contributed by atoms with Crippen LogP contribution in [0.25, 0.3) is 16.9 Å². The first kappa shape index (κ1) is 22.1. The standard InChI is InChI=1S/C26H24FN7O3/c1-14-22(13-34-21-5-3-4-19(27)24(21)36-15(2)25(34)35)33-12-20(28-9-23(33)31-14)16-7-29-26(30-8-16)32-10-17-6-18(11-32)37-17/h3-5,7-9,12,15,17-18H,6,10-11,13H2,1-2H3/t15-,17?,18?/m1/s1. The van der Waals surface area contributed by atoms with Gasteiger partial charge in [0, 0.05) is 43.7 Å². The van der Waals surface area contributed by atoms with Crippen molar-refractivity contribution in [3.63, 3.8) is 0 Å². The Balaban J connectivity index is 1.21. The molecule has 0 saturated carbocycles. The van der Waals surface area contributed by atoms with Crippen molar-refractivity contribution in [1.29, 1.82) is 0 Å². The summed E-state index contributed by atoms with van der Waals surface area (Å²) in [6, 6.07) is 4.58. The van der Waals surface area contributed by atoms with Gasteiger partial charge in [0.05, 0.1) is 47.7 Å². The molecule has 2 unspecified atom stereocenters. The zero-order valence-corrected chi connectivity index (χ0v) is 20.3. The number of piperidine rings is 1. The minimum Gasteiger partial charge on any atom is -0.476 e. The van der Waals surface area contributed by atoms with E-state index in [0.29, 0.717) is 23.0 Å². The Bertz CT molecular complexity index is 1520. The minimum absolute atomic E-state index is 0.0817. The van der Waals surface area contributed by atoms with Gasteiger partial charge in [0.15, 0.2) is 23.3 Å². The van der Waals surface area contributed by atoms with E-state index in [0.717, 1.165) is 36.5 Å². The lowest BCUT2D eigenvalue weighted by molar-refractivity contribution is -0.133. The number of anilines is 2. The summed E-state index contributed by atoms with van der Waals surface area (Å²) in [5.74, 6) is 0.0262. The molecule has 3 aromatic heterocycles. The van der Waals surface area contributed by atoms with Crippen LogP contribution >= 0.6 is 0 Å². The van der Waals surface area contributed by atoms with Gasteiger partial charge in [-0.05, 0) is 26.0 Å². The number of hydrogen-bond acceptors (Lipinski definition) is 8. The van der Waals surface area contributed by atoms with E-state index < -0.39 is 11.9 Å². The second kappa shape index (κ2) is 8.20. The monoisotopic (exact) mass is 501 g/mol. The predicted octanol–water partition coefficient (Wildman–Crippen LogP) is 2.93.